The summed E-state index contributed by atoms with van der Waals surface area (Å²) in [5.41, 5.74) is 0.457. The van der Waals surface area contributed by atoms with Crippen LogP contribution in [0.1, 0.15) is 32.6 Å². The number of hydrogen-bond acceptors (Lipinski definition) is 3. The monoisotopic (exact) mass is 281 g/mol. The highest BCUT2D eigenvalue weighted by Crippen LogP contribution is 2.47. The summed E-state index contributed by atoms with van der Waals surface area (Å²) in [7, 11) is 0. The highest BCUT2D eigenvalue weighted by Gasteiger charge is 2.44. The first kappa shape index (κ1) is 14.1. The summed E-state index contributed by atoms with van der Waals surface area (Å²) in [6.07, 6.45) is 5.48. The van der Waals surface area contributed by atoms with Gasteiger partial charge in [0.25, 0.3) is 0 Å². The van der Waals surface area contributed by atoms with Gasteiger partial charge in [-0.05, 0) is 31.6 Å². The van der Waals surface area contributed by atoms with Crippen LogP contribution in [0.2, 0.25) is 0 Å². The van der Waals surface area contributed by atoms with Crippen LogP contribution in [-0.4, -0.2) is 62.0 Å². The molecule has 0 unspecified atom stereocenters. The highest BCUT2D eigenvalue weighted by atomic mass is 16.5. The zero-order chi connectivity index (χ0) is 14.1. The summed E-state index contributed by atoms with van der Waals surface area (Å²) >= 11 is 0. The van der Waals surface area contributed by atoms with E-state index in [1.165, 1.54) is 25.7 Å². The number of nitrogens with one attached hydrogen (secondary N) is 1. The molecule has 3 aliphatic rings. The van der Waals surface area contributed by atoms with Gasteiger partial charge in [0.05, 0.1) is 31.8 Å². The van der Waals surface area contributed by atoms with Crippen molar-refractivity contribution in [1.29, 1.82) is 0 Å². The first-order chi connectivity index (χ1) is 9.71. The lowest BCUT2D eigenvalue weighted by Gasteiger charge is -2.39. The van der Waals surface area contributed by atoms with E-state index in [-0.39, 0.29) is 12.0 Å². The van der Waals surface area contributed by atoms with E-state index in [9.17, 15) is 5.11 Å². The minimum atomic E-state index is -0.130. The van der Waals surface area contributed by atoms with E-state index >= 15 is 0 Å². The summed E-state index contributed by atoms with van der Waals surface area (Å²) in [6, 6.07) is 0. The minimum absolute atomic E-state index is 0.130. The van der Waals surface area contributed by atoms with Crippen LogP contribution in [0.3, 0.4) is 0 Å². The van der Waals surface area contributed by atoms with E-state index in [2.05, 4.69) is 17.1 Å². The third-order valence-electron chi connectivity index (χ3n) is 5.20. The van der Waals surface area contributed by atoms with E-state index in [0.29, 0.717) is 25.2 Å². The van der Waals surface area contributed by atoms with Crippen LogP contribution in [0.15, 0.2) is 4.99 Å². The Bertz CT molecular complexity index is 370. The number of aliphatic imine (C=N–C) groups is 1. The van der Waals surface area contributed by atoms with E-state index < -0.39 is 0 Å². The average Bonchev–Trinajstić information content (AvgIpc) is 2.82. The van der Waals surface area contributed by atoms with Crippen LogP contribution < -0.4 is 5.32 Å². The maximum absolute atomic E-state index is 9.49. The largest absolute Gasteiger partial charge is 0.396 e. The van der Waals surface area contributed by atoms with E-state index in [0.717, 1.165) is 25.6 Å². The highest BCUT2D eigenvalue weighted by molar-refractivity contribution is 5.80. The Hall–Kier alpha value is -0.810. The second kappa shape index (κ2) is 5.53. The predicted octanol–water partition coefficient (Wildman–Crippen LogP) is 0.837. The maximum Gasteiger partial charge on any atom is 0.193 e. The molecule has 5 heteroatoms. The molecule has 0 bridgehead atoms. The molecule has 1 saturated carbocycles. The van der Waals surface area contributed by atoms with Crippen molar-refractivity contribution >= 4 is 5.96 Å². The molecule has 0 atom stereocenters. The number of rotatable bonds is 4. The average molecular weight is 281 g/mol. The number of guanidine groups is 1. The summed E-state index contributed by atoms with van der Waals surface area (Å²) in [5, 5.41) is 12.9. The molecule has 3 rings (SSSR count). The second-order valence-corrected chi connectivity index (χ2v) is 6.85. The Morgan fingerprint density at radius 3 is 2.60 bits per heavy atom. The molecule has 114 valence electrons. The van der Waals surface area contributed by atoms with Gasteiger partial charge in [-0.25, -0.2) is 0 Å². The molecule has 0 radical (unpaired) electrons. The molecule has 5 nitrogen and oxygen atoms in total. The summed E-state index contributed by atoms with van der Waals surface area (Å²) in [6.45, 7) is 7.38. The zero-order valence-corrected chi connectivity index (χ0v) is 12.5. The predicted molar refractivity (Wildman–Crippen MR) is 78.8 cm³/mol. The first-order valence-electron chi connectivity index (χ1n) is 7.93. The van der Waals surface area contributed by atoms with E-state index in [1.807, 2.05) is 0 Å². The Balaban J connectivity index is 1.62. The third kappa shape index (κ3) is 2.53. The normalized spacial score (nSPS) is 27.3. The fourth-order valence-corrected chi connectivity index (χ4v) is 3.49. The molecule has 1 spiro atoms. The van der Waals surface area contributed by atoms with Gasteiger partial charge in [-0.15, -0.1) is 0 Å². The van der Waals surface area contributed by atoms with Gasteiger partial charge >= 0.3 is 0 Å². The molecule has 2 saturated heterocycles. The number of ether oxygens (including phenoxy) is 1. The Morgan fingerprint density at radius 1 is 1.35 bits per heavy atom. The van der Waals surface area contributed by atoms with Crippen LogP contribution >= 0.6 is 0 Å². The Labute approximate surface area is 121 Å². The quantitative estimate of drug-likeness (QED) is 0.592. The molecule has 1 aliphatic carbocycles. The van der Waals surface area contributed by atoms with Gasteiger partial charge in [0.2, 0.25) is 0 Å². The van der Waals surface area contributed by atoms with Crippen molar-refractivity contribution in [2.45, 2.75) is 32.6 Å². The minimum Gasteiger partial charge on any atom is -0.396 e. The van der Waals surface area contributed by atoms with Crippen LogP contribution in [-0.2, 0) is 4.74 Å². The van der Waals surface area contributed by atoms with Crippen molar-refractivity contribution < 1.29 is 9.84 Å². The number of nitrogens with zero attached hydrogens (tertiary/aromatic N) is 2. The smallest absolute Gasteiger partial charge is 0.193 e. The number of hydrogen-bond donors (Lipinski definition) is 2. The lowest BCUT2D eigenvalue weighted by molar-refractivity contribution is -0.130. The summed E-state index contributed by atoms with van der Waals surface area (Å²) < 4.78 is 5.24. The molecule has 0 aromatic heterocycles. The van der Waals surface area contributed by atoms with Gasteiger partial charge in [-0.1, -0.05) is 6.42 Å². The molecule has 2 aliphatic heterocycles. The topological polar surface area (TPSA) is 57.1 Å². The standard InChI is InChI=1S/C15H27N3O2/c1-2-16-13(17-8-15(10-19)11-20-12-15)18-7-6-14(9-18)4-3-5-14/h19H,2-12H2,1H3,(H,16,17). The van der Waals surface area contributed by atoms with Crippen molar-refractivity contribution in [3.8, 4) is 0 Å². The molecule has 0 amide bonds. The fraction of sp³-hybridized carbons (Fsp3) is 0.933. The van der Waals surface area contributed by atoms with Crippen LogP contribution in [0.4, 0.5) is 0 Å². The van der Waals surface area contributed by atoms with Crippen molar-refractivity contribution in [3.05, 3.63) is 0 Å². The molecule has 0 aromatic carbocycles. The van der Waals surface area contributed by atoms with E-state index in [1.54, 1.807) is 0 Å². The summed E-state index contributed by atoms with van der Waals surface area (Å²) in [4.78, 5) is 7.19. The molecule has 2 N–H and O–H groups in total. The van der Waals surface area contributed by atoms with Crippen LogP contribution in [0.25, 0.3) is 0 Å². The molecule has 0 aromatic rings. The maximum atomic E-state index is 9.49. The second-order valence-electron chi connectivity index (χ2n) is 6.85. The number of aliphatic hydroxyl groups is 1. The third-order valence-corrected chi connectivity index (χ3v) is 5.20. The lowest BCUT2D eigenvalue weighted by Crippen LogP contribution is -2.49. The molecule has 2 heterocycles. The van der Waals surface area contributed by atoms with Crippen LogP contribution in [0, 0.1) is 10.8 Å². The lowest BCUT2D eigenvalue weighted by atomic mass is 9.68. The molecular formula is C15H27N3O2. The number of aliphatic hydroxyl groups excluding tert-OH is 1. The van der Waals surface area contributed by atoms with Gasteiger partial charge < -0.3 is 20.1 Å². The Kier molecular flexibility index (Phi) is 3.91. The fourth-order valence-electron chi connectivity index (χ4n) is 3.49. The van der Waals surface area contributed by atoms with Crippen molar-refractivity contribution in [3.63, 3.8) is 0 Å². The van der Waals surface area contributed by atoms with Gasteiger partial charge in [0.1, 0.15) is 0 Å². The first-order valence-corrected chi connectivity index (χ1v) is 7.93. The van der Waals surface area contributed by atoms with Crippen molar-refractivity contribution in [2.24, 2.45) is 15.8 Å². The van der Waals surface area contributed by atoms with Gasteiger partial charge in [0.15, 0.2) is 5.96 Å². The van der Waals surface area contributed by atoms with Gasteiger partial charge in [-0.3, -0.25) is 4.99 Å². The number of likely N-dealkylation sites (tertiary alicyclic amines) is 1. The van der Waals surface area contributed by atoms with Gasteiger partial charge in [0, 0.05) is 19.6 Å². The van der Waals surface area contributed by atoms with Crippen molar-refractivity contribution in [1.82, 2.24) is 10.2 Å². The summed E-state index contributed by atoms with van der Waals surface area (Å²) in [5.74, 6) is 1.02. The van der Waals surface area contributed by atoms with E-state index in [4.69, 9.17) is 9.73 Å². The van der Waals surface area contributed by atoms with Crippen molar-refractivity contribution in [2.75, 3.05) is 46.0 Å². The molecule has 3 fully saturated rings. The van der Waals surface area contributed by atoms with Crippen LogP contribution in [0.5, 0.6) is 0 Å². The van der Waals surface area contributed by atoms with Gasteiger partial charge in [-0.2, -0.15) is 0 Å². The molecular weight excluding hydrogens is 254 g/mol. The SMILES string of the molecule is CCNC(=NCC1(CO)COC1)N1CCC2(CCC2)C1. The zero-order valence-electron chi connectivity index (χ0n) is 12.5. The Morgan fingerprint density at radius 2 is 2.15 bits per heavy atom. The molecule has 20 heavy (non-hydrogen) atoms.